The Morgan fingerprint density at radius 3 is 2.50 bits per heavy atom. The highest BCUT2D eigenvalue weighted by molar-refractivity contribution is 7.99. The van der Waals surface area contributed by atoms with Crippen molar-refractivity contribution in [3.05, 3.63) is 23.8 Å². The van der Waals surface area contributed by atoms with Crippen LogP contribution in [0.3, 0.4) is 0 Å². The van der Waals surface area contributed by atoms with Crippen LogP contribution in [0.2, 0.25) is 0 Å². The molecule has 1 aliphatic rings. The molecule has 1 aromatic carbocycles. The van der Waals surface area contributed by atoms with Crippen LogP contribution in [0.15, 0.2) is 23.1 Å². The molecule has 112 valence electrons. The van der Waals surface area contributed by atoms with E-state index in [0.717, 1.165) is 23.3 Å². The van der Waals surface area contributed by atoms with E-state index >= 15 is 0 Å². The lowest BCUT2D eigenvalue weighted by Crippen LogP contribution is -2.29. The molecule has 2 rings (SSSR count). The number of benzene rings is 1. The molecule has 2 nitrogen and oxygen atoms in total. The van der Waals surface area contributed by atoms with Crippen molar-refractivity contribution in [3.63, 3.8) is 0 Å². The van der Waals surface area contributed by atoms with Crippen LogP contribution in [0.1, 0.15) is 45.6 Å². The van der Waals surface area contributed by atoms with E-state index in [1.807, 2.05) is 11.8 Å². The Labute approximate surface area is 127 Å². The zero-order chi connectivity index (χ0) is 14.5. The summed E-state index contributed by atoms with van der Waals surface area (Å²) in [5, 5.41) is 0. The quantitative estimate of drug-likeness (QED) is 0.814. The molecular weight excluding hydrogens is 266 g/mol. The van der Waals surface area contributed by atoms with Crippen LogP contribution >= 0.6 is 11.8 Å². The van der Waals surface area contributed by atoms with E-state index in [-0.39, 0.29) is 0 Å². The van der Waals surface area contributed by atoms with Crippen molar-refractivity contribution in [2.24, 2.45) is 17.6 Å². The first-order valence-corrected chi connectivity index (χ1v) is 8.74. The lowest BCUT2D eigenvalue weighted by atomic mass is 9.82. The SMILES string of the molecule is CCSc1cccc(OC2CC(C)CC(C)C2)c1CN. The molecule has 2 N–H and O–H groups in total. The molecule has 0 aromatic heterocycles. The first-order chi connectivity index (χ1) is 9.63. The van der Waals surface area contributed by atoms with Crippen molar-refractivity contribution in [3.8, 4) is 5.75 Å². The summed E-state index contributed by atoms with van der Waals surface area (Å²) in [6.45, 7) is 7.39. The van der Waals surface area contributed by atoms with Crippen molar-refractivity contribution >= 4 is 11.8 Å². The largest absolute Gasteiger partial charge is 0.490 e. The lowest BCUT2D eigenvalue weighted by molar-refractivity contribution is 0.0998. The van der Waals surface area contributed by atoms with Gasteiger partial charge in [-0.2, -0.15) is 0 Å². The minimum atomic E-state index is 0.348. The third-order valence-electron chi connectivity index (χ3n) is 4.02. The second-order valence-corrected chi connectivity index (χ2v) is 7.33. The summed E-state index contributed by atoms with van der Waals surface area (Å²) in [7, 11) is 0. The molecule has 2 atom stereocenters. The molecule has 1 fully saturated rings. The average molecular weight is 293 g/mol. The molecule has 2 unspecified atom stereocenters. The van der Waals surface area contributed by atoms with Gasteiger partial charge in [-0.15, -0.1) is 11.8 Å². The van der Waals surface area contributed by atoms with E-state index in [1.165, 1.54) is 29.7 Å². The Bertz CT molecular complexity index is 425. The van der Waals surface area contributed by atoms with Gasteiger partial charge in [-0.1, -0.05) is 26.8 Å². The molecule has 0 heterocycles. The smallest absolute Gasteiger partial charge is 0.125 e. The van der Waals surface area contributed by atoms with Crippen LogP contribution in [-0.2, 0) is 6.54 Å². The number of thioether (sulfide) groups is 1. The molecule has 0 aliphatic heterocycles. The molecule has 1 aromatic rings. The standard InChI is InChI=1S/C17H27NOS/c1-4-20-17-7-5-6-16(15(17)11-18)19-14-9-12(2)8-13(3)10-14/h5-7,12-14H,4,8-11,18H2,1-3H3. The van der Waals surface area contributed by atoms with E-state index in [9.17, 15) is 0 Å². The summed E-state index contributed by atoms with van der Waals surface area (Å²) >= 11 is 1.84. The average Bonchev–Trinajstić information content (AvgIpc) is 2.38. The second kappa shape index (κ2) is 7.37. The lowest BCUT2D eigenvalue weighted by Gasteiger charge is -2.32. The molecule has 0 saturated heterocycles. The van der Waals surface area contributed by atoms with Gasteiger partial charge in [-0.3, -0.25) is 0 Å². The second-order valence-electron chi connectivity index (χ2n) is 6.03. The topological polar surface area (TPSA) is 35.2 Å². The van der Waals surface area contributed by atoms with Gasteiger partial charge < -0.3 is 10.5 Å². The monoisotopic (exact) mass is 293 g/mol. The van der Waals surface area contributed by atoms with Gasteiger partial charge >= 0.3 is 0 Å². The third-order valence-corrected chi connectivity index (χ3v) is 5.01. The summed E-state index contributed by atoms with van der Waals surface area (Å²) in [5.41, 5.74) is 7.12. The molecular formula is C17H27NOS. The summed E-state index contributed by atoms with van der Waals surface area (Å²) < 4.78 is 6.31. The number of hydrogen-bond acceptors (Lipinski definition) is 3. The third kappa shape index (κ3) is 3.92. The van der Waals surface area contributed by atoms with Gasteiger partial charge in [0.1, 0.15) is 5.75 Å². The Hall–Kier alpha value is -0.670. The van der Waals surface area contributed by atoms with E-state index in [1.54, 1.807) is 0 Å². The fourth-order valence-corrected chi connectivity index (χ4v) is 4.14. The molecule has 20 heavy (non-hydrogen) atoms. The van der Waals surface area contributed by atoms with E-state index in [2.05, 4.69) is 39.0 Å². The number of nitrogens with two attached hydrogens (primary N) is 1. The molecule has 1 aliphatic carbocycles. The van der Waals surface area contributed by atoms with Gasteiger partial charge in [0.2, 0.25) is 0 Å². The number of rotatable bonds is 5. The minimum absolute atomic E-state index is 0.348. The Morgan fingerprint density at radius 2 is 1.90 bits per heavy atom. The van der Waals surface area contributed by atoms with E-state index in [0.29, 0.717) is 12.6 Å². The van der Waals surface area contributed by atoms with Crippen molar-refractivity contribution in [2.75, 3.05) is 5.75 Å². The van der Waals surface area contributed by atoms with Gasteiger partial charge in [-0.05, 0) is 49.0 Å². The number of hydrogen-bond donors (Lipinski definition) is 1. The Kier molecular flexibility index (Phi) is 5.79. The maximum atomic E-state index is 6.31. The molecule has 3 heteroatoms. The van der Waals surface area contributed by atoms with Crippen LogP contribution in [0.25, 0.3) is 0 Å². The minimum Gasteiger partial charge on any atom is -0.490 e. The molecule has 0 bridgehead atoms. The van der Waals surface area contributed by atoms with E-state index in [4.69, 9.17) is 10.5 Å². The van der Waals surface area contributed by atoms with Gasteiger partial charge in [-0.25, -0.2) is 0 Å². The van der Waals surface area contributed by atoms with Crippen LogP contribution in [0.4, 0.5) is 0 Å². The van der Waals surface area contributed by atoms with Crippen molar-refractivity contribution in [2.45, 2.75) is 57.6 Å². The zero-order valence-electron chi connectivity index (χ0n) is 12.9. The maximum absolute atomic E-state index is 6.31. The molecule has 0 amide bonds. The normalized spacial score (nSPS) is 26.5. The van der Waals surface area contributed by atoms with Crippen LogP contribution in [0, 0.1) is 11.8 Å². The van der Waals surface area contributed by atoms with Gasteiger partial charge in [0.15, 0.2) is 0 Å². The van der Waals surface area contributed by atoms with Crippen LogP contribution in [0.5, 0.6) is 5.75 Å². The van der Waals surface area contributed by atoms with Crippen molar-refractivity contribution in [1.82, 2.24) is 0 Å². The zero-order valence-corrected chi connectivity index (χ0v) is 13.7. The predicted octanol–water partition coefficient (Wildman–Crippen LogP) is 4.46. The summed E-state index contributed by atoms with van der Waals surface area (Å²) in [6, 6.07) is 6.31. The fourth-order valence-electron chi connectivity index (χ4n) is 3.30. The first kappa shape index (κ1) is 15.7. The van der Waals surface area contributed by atoms with Gasteiger partial charge in [0, 0.05) is 17.0 Å². The highest BCUT2D eigenvalue weighted by Crippen LogP contribution is 2.35. The van der Waals surface area contributed by atoms with Gasteiger partial charge in [0.05, 0.1) is 6.10 Å². The van der Waals surface area contributed by atoms with E-state index < -0.39 is 0 Å². The summed E-state index contributed by atoms with van der Waals surface area (Å²) in [6.07, 6.45) is 4.01. The predicted molar refractivity (Wildman–Crippen MR) is 87.3 cm³/mol. The van der Waals surface area contributed by atoms with Crippen molar-refractivity contribution in [1.29, 1.82) is 0 Å². The molecule has 1 saturated carbocycles. The highest BCUT2D eigenvalue weighted by Gasteiger charge is 2.26. The van der Waals surface area contributed by atoms with Crippen molar-refractivity contribution < 1.29 is 4.74 Å². The Morgan fingerprint density at radius 1 is 1.20 bits per heavy atom. The summed E-state index contributed by atoms with van der Waals surface area (Å²) in [4.78, 5) is 1.27. The summed E-state index contributed by atoms with van der Waals surface area (Å²) in [5.74, 6) is 3.59. The Balaban J connectivity index is 2.14. The fraction of sp³-hybridized carbons (Fsp3) is 0.647. The first-order valence-electron chi connectivity index (χ1n) is 7.75. The van der Waals surface area contributed by atoms with Crippen LogP contribution < -0.4 is 10.5 Å². The van der Waals surface area contributed by atoms with Gasteiger partial charge in [0.25, 0.3) is 0 Å². The number of ether oxygens (including phenoxy) is 1. The van der Waals surface area contributed by atoms with Crippen LogP contribution in [-0.4, -0.2) is 11.9 Å². The highest BCUT2D eigenvalue weighted by atomic mass is 32.2. The maximum Gasteiger partial charge on any atom is 0.125 e. The molecule has 0 spiro atoms. The molecule has 0 radical (unpaired) electrons.